The van der Waals surface area contributed by atoms with E-state index in [4.69, 9.17) is 46.4 Å². The number of hydrogen-bond acceptors (Lipinski definition) is 2. The van der Waals surface area contributed by atoms with Crippen LogP contribution in [0.25, 0.3) is 22.4 Å². The zero-order valence-corrected chi connectivity index (χ0v) is 16.7. The van der Waals surface area contributed by atoms with Crippen LogP contribution in [0.15, 0.2) is 59.6 Å². The minimum Gasteiger partial charge on any atom is -0.338 e. The van der Waals surface area contributed by atoms with Gasteiger partial charge in [0, 0.05) is 27.4 Å². The molecule has 0 aliphatic heterocycles. The zero-order chi connectivity index (χ0) is 19.0. The van der Waals surface area contributed by atoms with Gasteiger partial charge in [0.05, 0.1) is 26.8 Å². The molecular formula is C20H11Cl4N3. The molecule has 0 aliphatic rings. The Morgan fingerprint density at radius 1 is 0.815 bits per heavy atom. The van der Waals surface area contributed by atoms with Crippen LogP contribution in [0.5, 0.6) is 0 Å². The van der Waals surface area contributed by atoms with Crippen LogP contribution in [0.4, 0.5) is 5.69 Å². The molecule has 134 valence electrons. The van der Waals surface area contributed by atoms with E-state index in [0.29, 0.717) is 25.9 Å². The van der Waals surface area contributed by atoms with E-state index >= 15 is 0 Å². The van der Waals surface area contributed by atoms with Crippen molar-refractivity contribution in [1.29, 1.82) is 0 Å². The first-order chi connectivity index (χ1) is 13.0. The molecule has 0 saturated heterocycles. The quantitative estimate of drug-likeness (QED) is 0.331. The Bertz CT molecular complexity index is 1180. The molecule has 3 nitrogen and oxygen atoms in total. The fourth-order valence-electron chi connectivity index (χ4n) is 2.64. The summed E-state index contributed by atoms with van der Waals surface area (Å²) in [7, 11) is 0. The van der Waals surface area contributed by atoms with Crippen LogP contribution in [0.1, 0.15) is 5.56 Å². The molecule has 1 heterocycles. The molecule has 1 aromatic heterocycles. The number of hydrogen-bond donors (Lipinski definition) is 1. The van der Waals surface area contributed by atoms with Crippen molar-refractivity contribution in [2.75, 3.05) is 0 Å². The molecule has 0 bridgehead atoms. The van der Waals surface area contributed by atoms with Gasteiger partial charge < -0.3 is 4.98 Å². The van der Waals surface area contributed by atoms with E-state index in [9.17, 15) is 0 Å². The molecule has 0 radical (unpaired) electrons. The molecule has 4 aromatic rings. The minimum absolute atomic E-state index is 0.539. The van der Waals surface area contributed by atoms with Gasteiger partial charge in [0.25, 0.3) is 0 Å². The summed E-state index contributed by atoms with van der Waals surface area (Å²) in [5.74, 6) is 0.675. The summed E-state index contributed by atoms with van der Waals surface area (Å²) < 4.78 is 0. The number of imidazole rings is 1. The molecule has 0 unspecified atom stereocenters. The predicted octanol–water partition coefficient (Wildman–Crippen LogP) is 7.59. The van der Waals surface area contributed by atoms with Crippen molar-refractivity contribution in [2.24, 2.45) is 4.99 Å². The molecule has 27 heavy (non-hydrogen) atoms. The van der Waals surface area contributed by atoms with Crippen LogP contribution in [0.3, 0.4) is 0 Å². The Morgan fingerprint density at radius 2 is 1.56 bits per heavy atom. The average molecular weight is 435 g/mol. The van der Waals surface area contributed by atoms with Gasteiger partial charge in [-0.3, -0.25) is 4.99 Å². The van der Waals surface area contributed by atoms with Gasteiger partial charge in [0.15, 0.2) is 0 Å². The molecule has 0 spiro atoms. The average Bonchev–Trinajstić information content (AvgIpc) is 3.04. The summed E-state index contributed by atoms with van der Waals surface area (Å²) >= 11 is 24.3. The number of fused-ring (bicyclic) bond motifs is 1. The van der Waals surface area contributed by atoms with Gasteiger partial charge >= 0.3 is 0 Å². The van der Waals surface area contributed by atoms with Crippen molar-refractivity contribution in [2.45, 2.75) is 0 Å². The zero-order valence-electron chi connectivity index (χ0n) is 13.7. The van der Waals surface area contributed by atoms with Crippen molar-refractivity contribution in [3.8, 4) is 11.4 Å². The Hall–Kier alpha value is -2.04. The van der Waals surface area contributed by atoms with Gasteiger partial charge in [-0.15, -0.1) is 0 Å². The fraction of sp³-hybridized carbons (Fsp3) is 0. The lowest BCUT2D eigenvalue weighted by Crippen LogP contribution is -1.82. The third-order valence-corrected chi connectivity index (χ3v) is 5.08. The van der Waals surface area contributed by atoms with Crippen molar-refractivity contribution in [3.05, 3.63) is 80.3 Å². The lowest BCUT2D eigenvalue weighted by atomic mass is 10.2. The highest BCUT2D eigenvalue weighted by atomic mass is 35.5. The highest BCUT2D eigenvalue weighted by Gasteiger charge is 2.10. The van der Waals surface area contributed by atoms with E-state index in [0.717, 1.165) is 27.8 Å². The van der Waals surface area contributed by atoms with Gasteiger partial charge in [0.2, 0.25) is 0 Å². The maximum absolute atomic E-state index is 6.28. The van der Waals surface area contributed by atoms with Crippen molar-refractivity contribution >= 4 is 69.3 Å². The number of H-pyrrole nitrogens is 1. The van der Waals surface area contributed by atoms with Gasteiger partial charge in [-0.1, -0.05) is 52.5 Å². The number of aromatic nitrogens is 2. The van der Waals surface area contributed by atoms with Crippen LogP contribution < -0.4 is 0 Å². The minimum atomic E-state index is 0.539. The number of benzene rings is 3. The van der Waals surface area contributed by atoms with Crippen molar-refractivity contribution < 1.29 is 0 Å². The predicted molar refractivity (Wildman–Crippen MR) is 115 cm³/mol. The first-order valence-electron chi connectivity index (χ1n) is 7.94. The molecule has 0 amide bonds. The molecule has 3 aromatic carbocycles. The second kappa shape index (κ2) is 7.53. The number of nitrogens with zero attached hydrogens (tertiary/aromatic N) is 2. The Morgan fingerprint density at radius 3 is 2.30 bits per heavy atom. The smallest absolute Gasteiger partial charge is 0.140 e. The summed E-state index contributed by atoms with van der Waals surface area (Å²) in [4.78, 5) is 12.3. The molecule has 0 fully saturated rings. The van der Waals surface area contributed by atoms with Gasteiger partial charge in [-0.2, -0.15) is 0 Å². The number of rotatable bonds is 3. The molecule has 0 aliphatic carbocycles. The van der Waals surface area contributed by atoms with Gasteiger partial charge in [0.1, 0.15) is 5.82 Å². The summed E-state index contributed by atoms with van der Waals surface area (Å²) in [5, 5.41) is 2.26. The van der Waals surface area contributed by atoms with Crippen LogP contribution in [0.2, 0.25) is 20.1 Å². The fourth-order valence-corrected chi connectivity index (χ4v) is 3.59. The molecule has 4 rings (SSSR count). The Kier molecular flexibility index (Phi) is 5.11. The molecule has 0 saturated carbocycles. The normalized spacial score (nSPS) is 11.6. The van der Waals surface area contributed by atoms with Crippen LogP contribution in [0, 0.1) is 0 Å². The molecule has 0 atom stereocenters. The SMILES string of the molecule is Clc1ccc(C=Nc2ccc3nc(-c4ccc(Cl)cc4Cl)[nH]c3c2)c(Cl)c1. The number of aliphatic imine (C=N–C) groups is 1. The maximum Gasteiger partial charge on any atom is 0.140 e. The lowest BCUT2D eigenvalue weighted by Gasteiger charge is -2.00. The number of aromatic amines is 1. The molecule has 1 N–H and O–H groups in total. The van der Waals surface area contributed by atoms with E-state index < -0.39 is 0 Å². The first kappa shape index (κ1) is 18.3. The van der Waals surface area contributed by atoms with Crippen molar-refractivity contribution in [3.63, 3.8) is 0 Å². The van der Waals surface area contributed by atoms with Gasteiger partial charge in [-0.05, 0) is 48.5 Å². The van der Waals surface area contributed by atoms with Crippen molar-refractivity contribution in [1.82, 2.24) is 9.97 Å². The highest BCUT2D eigenvalue weighted by Crippen LogP contribution is 2.31. The number of nitrogens with one attached hydrogen (secondary N) is 1. The summed E-state index contributed by atoms with van der Waals surface area (Å²) in [5.41, 5.74) is 4.02. The van der Waals surface area contributed by atoms with E-state index in [1.807, 2.05) is 30.3 Å². The van der Waals surface area contributed by atoms with E-state index in [1.165, 1.54) is 0 Å². The largest absolute Gasteiger partial charge is 0.338 e. The van der Waals surface area contributed by atoms with E-state index in [-0.39, 0.29) is 0 Å². The Balaban J connectivity index is 1.67. The molecule has 7 heteroatoms. The summed E-state index contributed by atoms with van der Waals surface area (Å²) in [6.07, 6.45) is 1.70. The second-order valence-corrected chi connectivity index (χ2v) is 7.52. The topological polar surface area (TPSA) is 41.0 Å². The lowest BCUT2D eigenvalue weighted by molar-refractivity contribution is 1.34. The summed E-state index contributed by atoms with van der Waals surface area (Å²) in [6.45, 7) is 0. The Labute approximate surface area is 175 Å². The monoisotopic (exact) mass is 433 g/mol. The van der Waals surface area contributed by atoms with Gasteiger partial charge in [-0.25, -0.2) is 4.98 Å². The highest BCUT2D eigenvalue weighted by molar-refractivity contribution is 6.36. The third kappa shape index (κ3) is 3.97. The third-order valence-electron chi connectivity index (χ3n) is 3.97. The van der Waals surface area contributed by atoms with Crippen LogP contribution in [-0.2, 0) is 0 Å². The standard InChI is InChI=1S/C20H11Cl4N3/c21-12-2-1-11(16(23)7-12)10-25-14-4-6-18-19(9-14)27-20(26-18)15-5-3-13(22)8-17(15)24/h1-10H,(H,26,27). The summed E-state index contributed by atoms with van der Waals surface area (Å²) in [6, 6.07) is 16.3. The van der Waals surface area contributed by atoms with E-state index in [2.05, 4.69) is 15.0 Å². The maximum atomic E-state index is 6.28. The molecular weight excluding hydrogens is 424 g/mol. The first-order valence-corrected chi connectivity index (χ1v) is 9.45. The van der Waals surface area contributed by atoms with Crippen LogP contribution >= 0.6 is 46.4 Å². The second-order valence-electron chi connectivity index (χ2n) is 5.84. The van der Waals surface area contributed by atoms with E-state index in [1.54, 1.807) is 30.5 Å². The van der Waals surface area contributed by atoms with Crippen LogP contribution in [-0.4, -0.2) is 16.2 Å². The number of halogens is 4.